The van der Waals surface area contributed by atoms with Crippen LogP contribution >= 0.6 is 24.0 Å². The lowest BCUT2D eigenvalue weighted by molar-refractivity contribution is -0.140. The molecule has 2 aliphatic heterocycles. The van der Waals surface area contributed by atoms with Crippen LogP contribution in [0.5, 0.6) is 0 Å². The Labute approximate surface area is 212 Å². The Morgan fingerprint density at radius 2 is 1.79 bits per heavy atom. The standard InChI is InChI=1S/C25H32N4O3.HI/c1-26-25(28-15-19-10-13-32-22(19)16-6-3-2-4-7-16)27-11-5-12-29-23(30)20-17-8-9-18(14-17)21(20)24(29)31;/h2-4,6-9,17-22H,5,10-15H2,1H3,(H2,26,27,28);1H. The molecule has 178 valence electrons. The van der Waals surface area contributed by atoms with E-state index in [-0.39, 0.29) is 65.6 Å². The van der Waals surface area contributed by atoms with Gasteiger partial charge in [-0.15, -0.1) is 24.0 Å². The highest BCUT2D eigenvalue weighted by Gasteiger charge is 2.58. The number of benzene rings is 1. The lowest BCUT2D eigenvalue weighted by Crippen LogP contribution is -2.42. The van der Waals surface area contributed by atoms with E-state index < -0.39 is 0 Å². The number of likely N-dealkylation sites (tertiary alicyclic amines) is 1. The highest BCUT2D eigenvalue weighted by Crippen LogP contribution is 2.52. The number of imide groups is 1. The number of nitrogens with one attached hydrogen (secondary N) is 2. The van der Waals surface area contributed by atoms with Crippen LogP contribution in [-0.2, 0) is 14.3 Å². The van der Waals surface area contributed by atoms with Crippen LogP contribution in [0.1, 0.15) is 30.9 Å². The molecule has 4 aliphatic rings. The molecule has 2 bridgehead atoms. The minimum absolute atomic E-state index is 0. The van der Waals surface area contributed by atoms with Crippen molar-refractivity contribution in [3.05, 3.63) is 48.0 Å². The van der Waals surface area contributed by atoms with Crippen molar-refractivity contribution >= 4 is 41.8 Å². The van der Waals surface area contributed by atoms with Gasteiger partial charge in [-0.2, -0.15) is 0 Å². The lowest BCUT2D eigenvalue weighted by atomic mass is 9.85. The summed E-state index contributed by atoms with van der Waals surface area (Å²) in [5.41, 5.74) is 1.22. The zero-order valence-electron chi connectivity index (χ0n) is 19.0. The second kappa shape index (κ2) is 10.5. The van der Waals surface area contributed by atoms with Crippen LogP contribution in [0.25, 0.3) is 0 Å². The highest BCUT2D eigenvalue weighted by molar-refractivity contribution is 14.0. The SMILES string of the molecule is CN=C(NCCCN1C(=O)C2C3C=CC(C3)C2C1=O)NCC1CCOC1c1ccccc1.I. The van der Waals surface area contributed by atoms with Crippen LogP contribution in [-0.4, -0.2) is 56.0 Å². The predicted octanol–water partition coefficient (Wildman–Crippen LogP) is 2.74. The first kappa shape index (κ1) is 24.2. The molecule has 33 heavy (non-hydrogen) atoms. The number of carbonyl (C=O) groups excluding carboxylic acids is 2. The molecule has 0 spiro atoms. The fraction of sp³-hybridized carbons (Fsp3) is 0.560. The molecule has 3 fully saturated rings. The molecule has 2 amide bonds. The maximum Gasteiger partial charge on any atom is 0.233 e. The van der Waals surface area contributed by atoms with Crippen LogP contribution in [0.2, 0.25) is 0 Å². The second-order valence-corrected chi connectivity index (χ2v) is 9.31. The van der Waals surface area contributed by atoms with E-state index in [0.29, 0.717) is 25.4 Å². The molecular formula is C25H33IN4O3. The van der Waals surface area contributed by atoms with Crippen LogP contribution in [0.3, 0.4) is 0 Å². The summed E-state index contributed by atoms with van der Waals surface area (Å²) in [5, 5.41) is 6.73. The van der Waals surface area contributed by atoms with E-state index in [0.717, 1.165) is 32.0 Å². The number of ether oxygens (including phenoxy) is 1. The Morgan fingerprint density at radius 1 is 1.09 bits per heavy atom. The van der Waals surface area contributed by atoms with Crippen LogP contribution < -0.4 is 10.6 Å². The van der Waals surface area contributed by atoms with Gasteiger partial charge in [0, 0.05) is 39.2 Å². The molecular weight excluding hydrogens is 531 g/mol. The lowest BCUT2D eigenvalue weighted by Gasteiger charge is -2.21. The molecule has 7 nitrogen and oxygen atoms in total. The topological polar surface area (TPSA) is 83.0 Å². The Hall–Kier alpha value is -1.94. The van der Waals surface area contributed by atoms with E-state index in [1.807, 2.05) is 18.2 Å². The highest BCUT2D eigenvalue weighted by atomic mass is 127. The van der Waals surface area contributed by atoms with Crippen molar-refractivity contribution in [1.82, 2.24) is 15.5 Å². The van der Waals surface area contributed by atoms with Gasteiger partial charge in [0.25, 0.3) is 0 Å². The molecule has 1 aromatic carbocycles. The average Bonchev–Trinajstić information content (AvgIpc) is 3.60. The van der Waals surface area contributed by atoms with E-state index in [1.54, 1.807) is 7.05 Å². The van der Waals surface area contributed by atoms with Crippen molar-refractivity contribution in [1.29, 1.82) is 0 Å². The largest absolute Gasteiger partial charge is 0.373 e. The second-order valence-electron chi connectivity index (χ2n) is 9.31. The smallest absolute Gasteiger partial charge is 0.233 e. The Kier molecular flexibility index (Phi) is 7.73. The first-order valence-corrected chi connectivity index (χ1v) is 11.8. The Balaban J connectivity index is 0.00000259. The third kappa shape index (κ3) is 4.69. The van der Waals surface area contributed by atoms with Crippen molar-refractivity contribution in [2.24, 2.45) is 34.6 Å². The summed E-state index contributed by atoms with van der Waals surface area (Å²) in [5.74, 6) is 1.53. The molecule has 5 rings (SSSR count). The van der Waals surface area contributed by atoms with Gasteiger partial charge in [0.1, 0.15) is 0 Å². The van der Waals surface area contributed by atoms with Gasteiger partial charge >= 0.3 is 0 Å². The number of fused-ring (bicyclic) bond motifs is 5. The van der Waals surface area contributed by atoms with Crippen molar-refractivity contribution < 1.29 is 14.3 Å². The van der Waals surface area contributed by atoms with E-state index in [4.69, 9.17) is 4.74 Å². The normalized spacial score (nSPS) is 32.3. The summed E-state index contributed by atoms with van der Waals surface area (Å²) in [6.07, 6.45) is 7.08. The van der Waals surface area contributed by atoms with Gasteiger partial charge in [-0.05, 0) is 36.7 Å². The number of halogens is 1. The molecule has 2 N–H and O–H groups in total. The predicted molar refractivity (Wildman–Crippen MR) is 137 cm³/mol. The molecule has 6 atom stereocenters. The molecule has 0 radical (unpaired) electrons. The number of aliphatic imine (C=N–C) groups is 1. The summed E-state index contributed by atoms with van der Waals surface area (Å²) in [4.78, 5) is 31.4. The summed E-state index contributed by atoms with van der Waals surface area (Å²) >= 11 is 0. The molecule has 2 heterocycles. The van der Waals surface area contributed by atoms with Crippen molar-refractivity contribution in [2.75, 3.05) is 33.3 Å². The van der Waals surface area contributed by atoms with Gasteiger partial charge in [0.2, 0.25) is 11.8 Å². The Morgan fingerprint density at radius 3 is 2.45 bits per heavy atom. The maximum atomic E-state index is 12.8. The summed E-state index contributed by atoms with van der Waals surface area (Å²) < 4.78 is 5.97. The van der Waals surface area contributed by atoms with E-state index >= 15 is 0 Å². The summed E-state index contributed by atoms with van der Waals surface area (Å²) in [7, 11) is 1.76. The number of carbonyl (C=O) groups is 2. The van der Waals surface area contributed by atoms with Gasteiger partial charge < -0.3 is 15.4 Å². The number of hydrogen-bond donors (Lipinski definition) is 2. The quantitative estimate of drug-likeness (QED) is 0.133. The third-order valence-electron chi connectivity index (χ3n) is 7.51. The number of hydrogen-bond acceptors (Lipinski definition) is 4. The first-order valence-electron chi connectivity index (χ1n) is 11.8. The molecule has 0 aromatic heterocycles. The van der Waals surface area contributed by atoms with E-state index in [9.17, 15) is 9.59 Å². The minimum Gasteiger partial charge on any atom is -0.373 e. The number of amides is 2. The van der Waals surface area contributed by atoms with Crippen LogP contribution in [0.15, 0.2) is 47.5 Å². The molecule has 1 aromatic rings. The fourth-order valence-corrected chi connectivity index (χ4v) is 5.93. The number of rotatable bonds is 7. The van der Waals surface area contributed by atoms with Crippen molar-refractivity contribution in [2.45, 2.75) is 25.4 Å². The molecule has 2 saturated heterocycles. The third-order valence-corrected chi connectivity index (χ3v) is 7.51. The zero-order chi connectivity index (χ0) is 22.1. The monoisotopic (exact) mass is 564 g/mol. The van der Waals surface area contributed by atoms with E-state index in [1.165, 1.54) is 10.5 Å². The maximum absolute atomic E-state index is 12.8. The van der Waals surface area contributed by atoms with Gasteiger partial charge in [0.15, 0.2) is 5.96 Å². The zero-order valence-corrected chi connectivity index (χ0v) is 21.3. The molecule has 2 aliphatic carbocycles. The van der Waals surface area contributed by atoms with Gasteiger partial charge in [-0.25, -0.2) is 0 Å². The fourth-order valence-electron chi connectivity index (χ4n) is 5.93. The Bertz CT molecular complexity index is 891. The van der Waals surface area contributed by atoms with Crippen molar-refractivity contribution in [3.8, 4) is 0 Å². The number of allylic oxidation sites excluding steroid dienone is 2. The van der Waals surface area contributed by atoms with E-state index in [2.05, 4.69) is 39.9 Å². The average molecular weight is 564 g/mol. The first-order chi connectivity index (χ1) is 15.7. The summed E-state index contributed by atoms with van der Waals surface area (Å²) in [6.45, 7) is 2.68. The molecule has 6 unspecified atom stereocenters. The minimum atomic E-state index is -0.105. The number of nitrogens with zero attached hydrogens (tertiary/aromatic N) is 2. The van der Waals surface area contributed by atoms with Gasteiger partial charge in [0.05, 0.1) is 17.9 Å². The van der Waals surface area contributed by atoms with Gasteiger partial charge in [-0.1, -0.05) is 42.5 Å². The van der Waals surface area contributed by atoms with Crippen molar-refractivity contribution in [3.63, 3.8) is 0 Å². The van der Waals surface area contributed by atoms with Crippen LogP contribution in [0.4, 0.5) is 0 Å². The molecule has 8 heteroatoms. The molecule has 1 saturated carbocycles. The summed E-state index contributed by atoms with van der Waals surface area (Å²) in [6, 6.07) is 10.4. The van der Waals surface area contributed by atoms with Gasteiger partial charge in [-0.3, -0.25) is 19.5 Å². The number of guanidine groups is 1. The van der Waals surface area contributed by atoms with Crippen LogP contribution in [0, 0.1) is 29.6 Å².